The Kier molecular flexibility index (Phi) is 49.4. The summed E-state index contributed by atoms with van der Waals surface area (Å²) in [7, 11) is 0. The van der Waals surface area contributed by atoms with Gasteiger partial charge in [0.25, 0.3) is 0 Å². The summed E-state index contributed by atoms with van der Waals surface area (Å²) in [6.07, 6.45) is 63.5. The monoisotopic (exact) mass is 881 g/mol. The summed E-state index contributed by atoms with van der Waals surface area (Å²) in [6.45, 7) is 6.56. The molecular formula is C57H100O6. The van der Waals surface area contributed by atoms with Gasteiger partial charge in [-0.25, -0.2) is 0 Å². The number of unbranched alkanes of at least 4 members (excludes halogenated alkanes) is 27. The van der Waals surface area contributed by atoms with E-state index >= 15 is 0 Å². The lowest BCUT2D eigenvalue weighted by atomic mass is 10.0. The standard InChI is InChI=1S/C57H100O6/c1-4-7-10-13-16-19-22-25-27-28-30-33-35-38-41-44-47-50-56(59)62-53-54(63-57(60)51-48-45-42-39-36-31-24-21-18-15-12-9-6-3)52-61-55(58)49-46-43-40-37-34-32-29-26-23-20-17-14-11-8-5-2/h16,19,25-27,29-30,33,38,41,54H,4-15,17-18,20-24,28,31-32,34-37,39-40,42-53H2,1-3H3/b19-16-,27-25-,29-26-,33-30-,41-38-/t54-/m0/s1. The first-order valence-electron chi connectivity index (χ1n) is 26.8. The molecule has 6 heteroatoms. The number of carbonyl (C=O) groups excluding carboxylic acids is 3. The second-order valence-corrected chi connectivity index (χ2v) is 17.8. The van der Waals surface area contributed by atoms with E-state index in [9.17, 15) is 14.4 Å². The molecule has 0 unspecified atom stereocenters. The zero-order valence-corrected chi connectivity index (χ0v) is 41.6. The molecule has 6 nitrogen and oxygen atoms in total. The maximum absolute atomic E-state index is 12.8. The van der Waals surface area contributed by atoms with E-state index in [1.807, 2.05) is 0 Å². The van der Waals surface area contributed by atoms with Crippen molar-refractivity contribution in [3.8, 4) is 0 Å². The van der Waals surface area contributed by atoms with Crippen molar-refractivity contribution in [1.82, 2.24) is 0 Å². The van der Waals surface area contributed by atoms with E-state index in [1.54, 1.807) is 0 Å². The Bertz CT molecular complexity index is 1150. The van der Waals surface area contributed by atoms with E-state index in [1.165, 1.54) is 148 Å². The number of allylic oxidation sites excluding steroid dienone is 10. The Labute approximate surface area is 390 Å². The quantitative estimate of drug-likeness (QED) is 0.0262. The molecule has 0 spiro atoms. The molecule has 0 aromatic carbocycles. The third-order valence-electron chi connectivity index (χ3n) is 11.5. The van der Waals surface area contributed by atoms with Crippen LogP contribution in [-0.4, -0.2) is 37.2 Å². The van der Waals surface area contributed by atoms with Crippen molar-refractivity contribution >= 4 is 17.9 Å². The van der Waals surface area contributed by atoms with Gasteiger partial charge in [-0.3, -0.25) is 14.4 Å². The van der Waals surface area contributed by atoms with Gasteiger partial charge in [0.2, 0.25) is 0 Å². The number of esters is 3. The number of carbonyl (C=O) groups is 3. The van der Waals surface area contributed by atoms with Crippen LogP contribution >= 0.6 is 0 Å². The van der Waals surface area contributed by atoms with Crippen molar-refractivity contribution in [3.05, 3.63) is 60.8 Å². The smallest absolute Gasteiger partial charge is 0.306 e. The van der Waals surface area contributed by atoms with Gasteiger partial charge in [-0.05, 0) is 83.5 Å². The molecular weight excluding hydrogens is 781 g/mol. The summed E-state index contributed by atoms with van der Waals surface area (Å²) in [5.74, 6) is -0.952. The number of hydrogen-bond donors (Lipinski definition) is 0. The predicted octanol–water partition coefficient (Wildman–Crippen LogP) is 17.6. The van der Waals surface area contributed by atoms with Gasteiger partial charge in [-0.2, -0.15) is 0 Å². The van der Waals surface area contributed by atoms with E-state index in [0.717, 1.165) is 70.6 Å². The van der Waals surface area contributed by atoms with Gasteiger partial charge in [0.05, 0.1) is 0 Å². The summed E-state index contributed by atoms with van der Waals surface area (Å²) in [4.78, 5) is 38.0. The van der Waals surface area contributed by atoms with Gasteiger partial charge < -0.3 is 14.2 Å². The van der Waals surface area contributed by atoms with Crippen LogP contribution in [0.1, 0.15) is 265 Å². The topological polar surface area (TPSA) is 78.9 Å². The van der Waals surface area contributed by atoms with E-state index in [-0.39, 0.29) is 37.5 Å². The van der Waals surface area contributed by atoms with Gasteiger partial charge in [0.1, 0.15) is 13.2 Å². The largest absolute Gasteiger partial charge is 0.462 e. The van der Waals surface area contributed by atoms with Crippen LogP contribution in [0.4, 0.5) is 0 Å². The zero-order chi connectivity index (χ0) is 45.8. The number of rotatable bonds is 48. The van der Waals surface area contributed by atoms with Crippen LogP contribution in [0.3, 0.4) is 0 Å². The summed E-state index contributed by atoms with van der Waals surface area (Å²) in [5, 5.41) is 0. The molecule has 0 N–H and O–H groups in total. The molecule has 0 amide bonds. The highest BCUT2D eigenvalue weighted by molar-refractivity contribution is 5.71. The predicted molar refractivity (Wildman–Crippen MR) is 270 cm³/mol. The zero-order valence-electron chi connectivity index (χ0n) is 41.6. The van der Waals surface area contributed by atoms with Crippen molar-refractivity contribution in [3.63, 3.8) is 0 Å². The van der Waals surface area contributed by atoms with Gasteiger partial charge in [-0.1, -0.05) is 223 Å². The van der Waals surface area contributed by atoms with E-state index < -0.39 is 6.10 Å². The van der Waals surface area contributed by atoms with Gasteiger partial charge in [0.15, 0.2) is 6.10 Å². The number of ether oxygens (including phenoxy) is 3. The molecule has 0 aliphatic heterocycles. The Morgan fingerprint density at radius 2 is 0.587 bits per heavy atom. The van der Waals surface area contributed by atoms with Crippen LogP contribution in [0.15, 0.2) is 60.8 Å². The molecule has 0 radical (unpaired) electrons. The van der Waals surface area contributed by atoms with Crippen molar-refractivity contribution in [2.45, 2.75) is 271 Å². The molecule has 0 heterocycles. The molecule has 1 atom stereocenters. The summed E-state index contributed by atoms with van der Waals surface area (Å²) in [5.41, 5.74) is 0. The van der Waals surface area contributed by atoms with Crippen LogP contribution in [0.5, 0.6) is 0 Å². The Morgan fingerprint density at radius 1 is 0.317 bits per heavy atom. The molecule has 0 saturated heterocycles. The highest BCUT2D eigenvalue weighted by atomic mass is 16.6. The lowest BCUT2D eigenvalue weighted by Crippen LogP contribution is -2.30. The fourth-order valence-electron chi connectivity index (χ4n) is 7.43. The molecule has 0 aliphatic carbocycles. The Morgan fingerprint density at radius 3 is 1.00 bits per heavy atom. The molecule has 0 rings (SSSR count). The van der Waals surface area contributed by atoms with Gasteiger partial charge >= 0.3 is 17.9 Å². The third kappa shape index (κ3) is 50.0. The molecule has 0 saturated carbocycles. The summed E-state index contributed by atoms with van der Waals surface area (Å²) >= 11 is 0. The molecule has 0 bridgehead atoms. The third-order valence-corrected chi connectivity index (χ3v) is 11.5. The average molecular weight is 881 g/mol. The molecule has 0 aromatic heterocycles. The minimum Gasteiger partial charge on any atom is -0.462 e. The maximum atomic E-state index is 12.8. The number of hydrogen-bond acceptors (Lipinski definition) is 6. The highest BCUT2D eigenvalue weighted by Crippen LogP contribution is 2.15. The normalized spacial score (nSPS) is 12.5. The van der Waals surface area contributed by atoms with Crippen LogP contribution in [0.2, 0.25) is 0 Å². The van der Waals surface area contributed by atoms with Crippen molar-refractivity contribution in [2.24, 2.45) is 0 Å². The van der Waals surface area contributed by atoms with Crippen LogP contribution in [-0.2, 0) is 28.6 Å². The molecule has 364 valence electrons. The van der Waals surface area contributed by atoms with Gasteiger partial charge in [-0.15, -0.1) is 0 Å². The van der Waals surface area contributed by atoms with E-state index in [4.69, 9.17) is 14.2 Å². The first-order chi connectivity index (χ1) is 31.0. The van der Waals surface area contributed by atoms with E-state index in [0.29, 0.717) is 19.3 Å². The molecule has 63 heavy (non-hydrogen) atoms. The fourth-order valence-corrected chi connectivity index (χ4v) is 7.43. The second-order valence-electron chi connectivity index (χ2n) is 17.8. The molecule has 0 fully saturated rings. The average Bonchev–Trinajstić information content (AvgIpc) is 3.28. The Balaban J connectivity index is 4.46. The minimum absolute atomic E-state index is 0.0935. The van der Waals surface area contributed by atoms with Crippen LogP contribution in [0.25, 0.3) is 0 Å². The lowest BCUT2D eigenvalue weighted by molar-refractivity contribution is -0.167. The van der Waals surface area contributed by atoms with Crippen molar-refractivity contribution < 1.29 is 28.6 Å². The summed E-state index contributed by atoms with van der Waals surface area (Å²) in [6, 6.07) is 0. The van der Waals surface area contributed by atoms with Crippen molar-refractivity contribution in [2.75, 3.05) is 13.2 Å². The lowest BCUT2D eigenvalue weighted by Gasteiger charge is -2.18. The second kappa shape index (κ2) is 51.7. The highest BCUT2D eigenvalue weighted by Gasteiger charge is 2.19. The van der Waals surface area contributed by atoms with Crippen LogP contribution in [0, 0.1) is 0 Å². The maximum Gasteiger partial charge on any atom is 0.306 e. The first-order valence-corrected chi connectivity index (χ1v) is 26.8. The van der Waals surface area contributed by atoms with Crippen molar-refractivity contribution in [1.29, 1.82) is 0 Å². The summed E-state index contributed by atoms with van der Waals surface area (Å²) < 4.78 is 16.8. The first kappa shape index (κ1) is 60.1. The minimum atomic E-state index is -0.796. The van der Waals surface area contributed by atoms with Crippen LogP contribution < -0.4 is 0 Å². The fraction of sp³-hybridized carbons (Fsp3) is 0.772. The Hall–Kier alpha value is -2.89. The van der Waals surface area contributed by atoms with E-state index in [2.05, 4.69) is 81.5 Å². The molecule has 0 aromatic rings. The molecule has 0 aliphatic rings. The SMILES string of the molecule is CCCCC/C=C\C/C=C\C/C=C\C/C=C\CCCC(=O)OC[C@H](COC(=O)CCCCCCC/C=C\CCCCCCCC)OC(=O)CCCCCCCCCCCCCCC. The van der Waals surface area contributed by atoms with Gasteiger partial charge in [0, 0.05) is 19.3 Å².